The number of anilines is 3. The summed E-state index contributed by atoms with van der Waals surface area (Å²) < 4.78 is 10.7. The predicted molar refractivity (Wildman–Crippen MR) is 99.1 cm³/mol. The fourth-order valence-electron chi connectivity index (χ4n) is 2.04. The largest absolute Gasteiger partial charge is 0.495 e. The molecule has 0 unspecified atom stereocenters. The van der Waals surface area contributed by atoms with Crippen molar-refractivity contribution in [3.8, 4) is 5.75 Å². The van der Waals surface area contributed by atoms with Gasteiger partial charge in [0.15, 0.2) is 0 Å². The number of nitrogens with two attached hydrogens (primary N) is 1. The zero-order valence-corrected chi connectivity index (χ0v) is 15.8. The molecule has 0 aliphatic heterocycles. The number of nitrogens with zero attached hydrogens (tertiary/aromatic N) is 2. The second-order valence-corrected chi connectivity index (χ2v) is 6.96. The third-order valence-electron chi connectivity index (χ3n) is 3.28. The molecule has 1 rings (SSSR count). The third kappa shape index (κ3) is 6.16. The van der Waals surface area contributed by atoms with Crippen LogP contribution >= 0.6 is 0 Å². The maximum Gasteiger partial charge on any atom is 0.412 e. The number of benzene rings is 1. The Bertz CT molecular complexity index is 568. The molecule has 7 nitrogen and oxygen atoms in total. The van der Waals surface area contributed by atoms with E-state index in [1.807, 2.05) is 41.9 Å². The van der Waals surface area contributed by atoms with E-state index in [1.165, 1.54) is 0 Å². The van der Waals surface area contributed by atoms with Crippen molar-refractivity contribution in [1.29, 1.82) is 0 Å². The van der Waals surface area contributed by atoms with Crippen LogP contribution in [0.25, 0.3) is 0 Å². The number of nitrogen functional groups attached to an aromatic ring is 1. The number of ether oxygens (including phenoxy) is 2. The average Bonchev–Trinajstić information content (AvgIpc) is 2.44. The first kappa shape index (κ1) is 19.9. The molecule has 0 saturated heterocycles. The first-order valence-electron chi connectivity index (χ1n) is 7.87. The molecule has 0 aliphatic carbocycles. The number of hydrogen-bond donors (Lipinski definition) is 2. The minimum absolute atomic E-state index is 0.419. The normalized spacial score (nSPS) is 11.3. The van der Waals surface area contributed by atoms with Gasteiger partial charge in [-0.2, -0.15) is 0 Å². The van der Waals surface area contributed by atoms with Crippen LogP contribution in [0.1, 0.15) is 20.8 Å². The van der Waals surface area contributed by atoms with Crippen molar-refractivity contribution in [2.24, 2.45) is 0 Å². The minimum atomic E-state index is -0.573. The predicted octanol–water partition coefficient (Wildman–Crippen LogP) is 2.62. The molecule has 0 heterocycles. The van der Waals surface area contributed by atoms with Crippen molar-refractivity contribution in [2.45, 2.75) is 26.4 Å². The molecule has 0 bridgehead atoms. The molecule has 24 heavy (non-hydrogen) atoms. The van der Waals surface area contributed by atoms with Crippen molar-refractivity contribution in [3.05, 3.63) is 12.1 Å². The van der Waals surface area contributed by atoms with E-state index in [4.69, 9.17) is 15.2 Å². The number of amides is 1. The second kappa shape index (κ2) is 8.10. The van der Waals surface area contributed by atoms with E-state index >= 15 is 0 Å². The first-order chi connectivity index (χ1) is 11.0. The SMILES string of the molecule is COc1cc(N)c(NC(=O)OC(C)(C)C)cc1N(C)CCN(C)C. The molecule has 0 atom stereocenters. The smallest absolute Gasteiger partial charge is 0.412 e. The summed E-state index contributed by atoms with van der Waals surface area (Å²) in [5.41, 5.74) is 7.21. The molecule has 0 fully saturated rings. The molecular weight excluding hydrogens is 308 g/mol. The van der Waals surface area contributed by atoms with Crippen molar-refractivity contribution < 1.29 is 14.3 Å². The number of methoxy groups -OCH3 is 1. The molecule has 136 valence electrons. The van der Waals surface area contributed by atoms with Gasteiger partial charge in [-0.3, -0.25) is 5.32 Å². The molecule has 0 aliphatic rings. The molecule has 1 aromatic carbocycles. The quantitative estimate of drug-likeness (QED) is 0.776. The molecule has 3 N–H and O–H groups in total. The topological polar surface area (TPSA) is 80.1 Å². The summed E-state index contributed by atoms with van der Waals surface area (Å²) >= 11 is 0. The lowest BCUT2D eigenvalue weighted by molar-refractivity contribution is 0.0636. The molecule has 0 aromatic heterocycles. The maximum absolute atomic E-state index is 12.0. The Kier molecular flexibility index (Phi) is 6.71. The molecule has 1 aromatic rings. The first-order valence-corrected chi connectivity index (χ1v) is 7.87. The Balaban J connectivity index is 3.01. The highest BCUT2D eigenvalue weighted by Gasteiger charge is 2.19. The minimum Gasteiger partial charge on any atom is -0.495 e. The number of likely N-dealkylation sites (N-methyl/N-ethyl adjacent to an activating group) is 2. The number of hydrogen-bond acceptors (Lipinski definition) is 6. The highest BCUT2D eigenvalue weighted by atomic mass is 16.6. The fourth-order valence-corrected chi connectivity index (χ4v) is 2.04. The van der Waals surface area contributed by atoms with Crippen molar-refractivity contribution in [2.75, 3.05) is 57.3 Å². The van der Waals surface area contributed by atoms with E-state index in [1.54, 1.807) is 19.2 Å². The highest BCUT2D eigenvalue weighted by molar-refractivity contribution is 5.91. The molecule has 0 radical (unpaired) electrons. The summed E-state index contributed by atoms with van der Waals surface area (Å²) in [6, 6.07) is 3.50. The van der Waals surface area contributed by atoms with Gasteiger partial charge in [0, 0.05) is 26.2 Å². The van der Waals surface area contributed by atoms with Crippen LogP contribution in [-0.4, -0.2) is 57.9 Å². The molecule has 0 saturated carbocycles. The van der Waals surface area contributed by atoms with Gasteiger partial charge in [0.2, 0.25) is 0 Å². The van der Waals surface area contributed by atoms with E-state index in [0.29, 0.717) is 17.1 Å². The molecule has 1 amide bonds. The van der Waals surface area contributed by atoms with Crippen molar-refractivity contribution >= 4 is 23.2 Å². The van der Waals surface area contributed by atoms with Crippen LogP contribution in [0.2, 0.25) is 0 Å². The summed E-state index contributed by atoms with van der Waals surface area (Å²) in [6.07, 6.45) is -0.540. The summed E-state index contributed by atoms with van der Waals surface area (Å²) in [5.74, 6) is 0.656. The van der Waals surface area contributed by atoms with E-state index in [2.05, 4.69) is 15.1 Å². The van der Waals surface area contributed by atoms with Gasteiger partial charge in [-0.25, -0.2) is 4.79 Å². The fraction of sp³-hybridized carbons (Fsp3) is 0.588. The van der Waals surface area contributed by atoms with Crippen LogP contribution in [0, 0.1) is 0 Å². The molecule has 7 heteroatoms. The standard InChI is InChI=1S/C17H30N4O3/c1-17(2,3)24-16(22)19-13-11-14(15(23-7)10-12(13)18)21(6)9-8-20(4)5/h10-11H,8-9,18H2,1-7H3,(H,19,22). The van der Waals surface area contributed by atoms with Gasteiger partial charge in [-0.1, -0.05) is 0 Å². The monoisotopic (exact) mass is 338 g/mol. The van der Waals surface area contributed by atoms with Crippen LogP contribution < -0.4 is 20.7 Å². The third-order valence-corrected chi connectivity index (χ3v) is 3.28. The lowest BCUT2D eigenvalue weighted by atomic mass is 10.2. The van der Waals surface area contributed by atoms with Crippen LogP contribution in [-0.2, 0) is 4.74 Å². The van der Waals surface area contributed by atoms with Crippen molar-refractivity contribution in [1.82, 2.24) is 4.90 Å². The van der Waals surface area contributed by atoms with Gasteiger partial charge in [0.25, 0.3) is 0 Å². The highest BCUT2D eigenvalue weighted by Crippen LogP contribution is 2.35. The van der Waals surface area contributed by atoms with Crippen LogP contribution in [0.4, 0.5) is 21.9 Å². The molecular formula is C17H30N4O3. The van der Waals surface area contributed by atoms with Crippen LogP contribution in [0.5, 0.6) is 5.75 Å². The summed E-state index contributed by atoms with van der Waals surface area (Å²) in [7, 11) is 7.60. The molecule has 0 spiro atoms. The lowest BCUT2D eigenvalue weighted by Crippen LogP contribution is -2.29. The maximum atomic E-state index is 12.0. The zero-order chi connectivity index (χ0) is 18.5. The van der Waals surface area contributed by atoms with Crippen molar-refractivity contribution in [3.63, 3.8) is 0 Å². The summed E-state index contributed by atoms with van der Waals surface area (Å²) in [6.45, 7) is 7.12. The summed E-state index contributed by atoms with van der Waals surface area (Å²) in [4.78, 5) is 16.1. The number of carbonyl (C=O) groups is 1. The Morgan fingerprint density at radius 2 is 1.83 bits per heavy atom. The number of rotatable bonds is 6. The summed E-state index contributed by atoms with van der Waals surface area (Å²) in [5, 5.41) is 2.70. The van der Waals surface area contributed by atoms with E-state index < -0.39 is 11.7 Å². The second-order valence-electron chi connectivity index (χ2n) is 6.96. The van der Waals surface area contributed by atoms with Gasteiger partial charge < -0.3 is 25.0 Å². The lowest BCUT2D eigenvalue weighted by Gasteiger charge is -2.25. The van der Waals surface area contributed by atoms with Crippen LogP contribution in [0.15, 0.2) is 12.1 Å². The van der Waals surface area contributed by atoms with Gasteiger partial charge in [0.1, 0.15) is 11.4 Å². The van der Waals surface area contributed by atoms with Gasteiger partial charge in [-0.05, 0) is 40.9 Å². The zero-order valence-electron chi connectivity index (χ0n) is 15.8. The Morgan fingerprint density at radius 3 is 2.33 bits per heavy atom. The van der Waals surface area contributed by atoms with E-state index in [0.717, 1.165) is 18.8 Å². The van der Waals surface area contributed by atoms with Crippen LogP contribution in [0.3, 0.4) is 0 Å². The van der Waals surface area contributed by atoms with Gasteiger partial charge in [0.05, 0.1) is 24.2 Å². The Hall–Kier alpha value is -2.15. The Morgan fingerprint density at radius 1 is 1.21 bits per heavy atom. The van der Waals surface area contributed by atoms with Gasteiger partial charge >= 0.3 is 6.09 Å². The average molecular weight is 338 g/mol. The number of carbonyl (C=O) groups excluding carboxylic acids is 1. The Labute approximate surface area is 144 Å². The van der Waals surface area contributed by atoms with E-state index in [9.17, 15) is 4.79 Å². The van der Waals surface area contributed by atoms with Gasteiger partial charge in [-0.15, -0.1) is 0 Å². The number of nitrogens with one attached hydrogen (secondary N) is 1. The van der Waals surface area contributed by atoms with E-state index in [-0.39, 0.29) is 0 Å².